The van der Waals surface area contributed by atoms with Crippen LogP contribution in [0.25, 0.3) is 22.6 Å². The zero-order valence-corrected chi connectivity index (χ0v) is 24.4. The summed E-state index contributed by atoms with van der Waals surface area (Å²) in [4.78, 5) is 6.16. The zero-order chi connectivity index (χ0) is 25.9. The van der Waals surface area contributed by atoms with Crippen LogP contribution in [0.4, 0.5) is 5.69 Å². The standard InChI is InChI=1S/C32H33N3O2.Pt/c1-21(2)26-16-27(22(3)4)18-28(17-26)29-15-24(31(36)30(19-29)35-12-10-33-20-35)9-8-23-6-5-7-25(14-23)32-34-11-13-37-32;/h5-7,10-13,15-22,33,36H,8-9H2,1-4H3;/q-2;+2. The Kier molecular flexibility index (Phi) is 8.79. The Balaban J connectivity index is 0.00000336. The van der Waals surface area contributed by atoms with E-state index in [9.17, 15) is 5.11 Å². The van der Waals surface area contributed by atoms with E-state index in [0.29, 0.717) is 29.9 Å². The smallest absolute Gasteiger partial charge is 0.521 e. The van der Waals surface area contributed by atoms with Crippen LogP contribution in [-0.2, 0) is 33.9 Å². The van der Waals surface area contributed by atoms with E-state index in [1.807, 2.05) is 36.1 Å². The maximum Gasteiger partial charge on any atom is 2.00 e. The monoisotopic (exact) mass is 686 g/mol. The molecule has 0 saturated heterocycles. The first-order valence-corrected chi connectivity index (χ1v) is 12.9. The largest absolute Gasteiger partial charge is 2.00 e. The van der Waals surface area contributed by atoms with Crippen molar-refractivity contribution in [1.82, 2.24) is 10.3 Å². The first kappa shape index (κ1) is 27.7. The van der Waals surface area contributed by atoms with Gasteiger partial charge in [-0.15, -0.1) is 29.8 Å². The number of anilines is 1. The van der Waals surface area contributed by atoms with E-state index >= 15 is 0 Å². The molecule has 0 radical (unpaired) electrons. The van der Waals surface area contributed by atoms with Crippen molar-refractivity contribution in [1.29, 1.82) is 0 Å². The Hall–Kier alpha value is -3.30. The van der Waals surface area contributed by atoms with Gasteiger partial charge in [0, 0.05) is 0 Å². The van der Waals surface area contributed by atoms with Gasteiger partial charge in [-0.1, -0.05) is 51.5 Å². The molecule has 0 atom stereocenters. The molecule has 0 unspecified atom stereocenters. The van der Waals surface area contributed by atoms with Crippen LogP contribution in [0, 0.1) is 12.7 Å². The number of hydrogen-bond acceptors (Lipinski definition) is 5. The van der Waals surface area contributed by atoms with Crippen molar-refractivity contribution in [2.24, 2.45) is 0 Å². The Morgan fingerprint density at radius 1 is 1.00 bits per heavy atom. The van der Waals surface area contributed by atoms with Gasteiger partial charge in [-0.05, 0) is 77.0 Å². The van der Waals surface area contributed by atoms with E-state index in [4.69, 9.17) is 4.42 Å². The maximum absolute atomic E-state index is 11.3. The molecule has 1 aliphatic rings. The molecule has 5 nitrogen and oxygen atoms in total. The van der Waals surface area contributed by atoms with Gasteiger partial charge in [0.1, 0.15) is 11.6 Å². The molecule has 38 heavy (non-hydrogen) atoms. The summed E-state index contributed by atoms with van der Waals surface area (Å²) in [7, 11) is 0. The summed E-state index contributed by atoms with van der Waals surface area (Å²) in [5.74, 6) is 1.71. The number of aromatic nitrogens is 1. The molecular formula is C32H33N3O2Pt. The second-order valence-electron chi connectivity index (χ2n) is 10.1. The van der Waals surface area contributed by atoms with E-state index in [2.05, 4.69) is 80.5 Å². The molecule has 6 heteroatoms. The van der Waals surface area contributed by atoms with Crippen LogP contribution < -0.4 is 10.2 Å². The molecule has 5 rings (SSSR count). The van der Waals surface area contributed by atoms with Crippen LogP contribution in [0.3, 0.4) is 0 Å². The molecule has 0 bridgehead atoms. The van der Waals surface area contributed by atoms with E-state index in [1.54, 1.807) is 12.5 Å². The minimum absolute atomic E-state index is 0. The van der Waals surface area contributed by atoms with Crippen molar-refractivity contribution in [3.8, 4) is 28.3 Å². The molecule has 0 fully saturated rings. The fourth-order valence-electron chi connectivity index (χ4n) is 4.59. The Labute approximate surface area is 239 Å². The molecule has 2 N–H and O–H groups in total. The van der Waals surface area contributed by atoms with Gasteiger partial charge in [-0.3, -0.25) is 4.98 Å². The molecule has 4 aromatic rings. The number of aryl methyl sites for hydroxylation is 2. The summed E-state index contributed by atoms with van der Waals surface area (Å²) >= 11 is 0. The summed E-state index contributed by atoms with van der Waals surface area (Å²) in [5, 5.41) is 14.4. The van der Waals surface area contributed by atoms with Gasteiger partial charge < -0.3 is 19.7 Å². The molecule has 2 heterocycles. The third-order valence-electron chi connectivity index (χ3n) is 6.82. The average Bonchev–Trinajstić information content (AvgIpc) is 3.63. The molecule has 0 aliphatic carbocycles. The Morgan fingerprint density at radius 3 is 2.37 bits per heavy atom. The number of nitrogens with zero attached hydrogens (tertiary/aromatic N) is 2. The van der Waals surface area contributed by atoms with Gasteiger partial charge in [-0.25, -0.2) is 0 Å². The third kappa shape index (κ3) is 6.05. The zero-order valence-electron chi connectivity index (χ0n) is 22.1. The summed E-state index contributed by atoms with van der Waals surface area (Å²) in [6.07, 6.45) is 8.37. The van der Waals surface area contributed by atoms with Crippen molar-refractivity contribution in [3.05, 3.63) is 108 Å². The number of phenolic OH excluding ortho intramolecular Hbond substituents is 1. The second kappa shape index (κ2) is 12.0. The van der Waals surface area contributed by atoms with Gasteiger partial charge in [0.05, 0.1) is 18.1 Å². The van der Waals surface area contributed by atoms with E-state index in [0.717, 1.165) is 34.4 Å². The fraction of sp³-hybridized carbons (Fsp3) is 0.250. The van der Waals surface area contributed by atoms with Gasteiger partial charge >= 0.3 is 21.1 Å². The van der Waals surface area contributed by atoms with Crippen LogP contribution in [-0.4, -0.2) is 10.1 Å². The van der Waals surface area contributed by atoms with Crippen molar-refractivity contribution < 1.29 is 30.6 Å². The quantitative estimate of drug-likeness (QED) is 0.188. The summed E-state index contributed by atoms with van der Waals surface area (Å²) < 4.78 is 5.44. The number of nitrogens with one attached hydrogen (secondary N) is 1. The molecule has 0 spiro atoms. The maximum atomic E-state index is 11.3. The number of rotatable bonds is 8. The number of aromatic hydroxyl groups is 1. The van der Waals surface area contributed by atoms with Crippen LogP contribution in [0.5, 0.6) is 5.75 Å². The molecule has 0 amide bonds. The summed E-state index contributed by atoms with van der Waals surface area (Å²) in [5.41, 5.74) is 8.44. The predicted molar refractivity (Wildman–Crippen MR) is 149 cm³/mol. The number of oxazole rings is 1. The summed E-state index contributed by atoms with van der Waals surface area (Å²) in [6, 6.07) is 20.5. The SMILES string of the molecule is CC(C)c1cc(-c2cc(CCc3[c-]c(-c4ncco4)ccc3)c(O)c(N3C=CN[CH-]3)c2)cc(C(C)C)c1.[Pt+2]. The van der Waals surface area contributed by atoms with E-state index in [1.165, 1.54) is 16.7 Å². The van der Waals surface area contributed by atoms with Crippen LogP contribution in [0.1, 0.15) is 61.8 Å². The van der Waals surface area contributed by atoms with Crippen molar-refractivity contribution in [3.63, 3.8) is 0 Å². The predicted octanol–water partition coefficient (Wildman–Crippen LogP) is 7.54. The van der Waals surface area contributed by atoms with Gasteiger partial charge in [0.2, 0.25) is 0 Å². The second-order valence-corrected chi connectivity index (χ2v) is 10.1. The first-order chi connectivity index (χ1) is 17.9. The molecule has 0 saturated carbocycles. The van der Waals surface area contributed by atoms with E-state index in [-0.39, 0.29) is 21.1 Å². The van der Waals surface area contributed by atoms with Crippen LogP contribution in [0.2, 0.25) is 0 Å². The van der Waals surface area contributed by atoms with Crippen molar-refractivity contribution in [2.75, 3.05) is 4.90 Å². The van der Waals surface area contributed by atoms with Gasteiger partial charge in [0.25, 0.3) is 0 Å². The molecule has 3 aromatic carbocycles. The minimum atomic E-state index is 0. The minimum Gasteiger partial charge on any atom is -0.521 e. The average molecular weight is 687 g/mol. The topological polar surface area (TPSA) is 61.5 Å². The van der Waals surface area contributed by atoms with Crippen LogP contribution in [0.15, 0.2) is 77.8 Å². The Morgan fingerprint density at radius 2 is 1.74 bits per heavy atom. The Bertz CT molecular complexity index is 1380. The third-order valence-corrected chi connectivity index (χ3v) is 6.82. The molecule has 1 aromatic heterocycles. The van der Waals surface area contributed by atoms with Gasteiger partial charge in [-0.2, -0.15) is 6.67 Å². The molecular weight excluding hydrogens is 653 g/mol. The van der Waals surface area contributed by atoms with Crippen molar-refractivity contribution in [2.45, 2.75) is 52.4 Å². The fourth-order valence-corrected chi connectivity index (χ4v) is 4.59. The van der Waals surface area contributed by atoms with E-state index < -0.39 is 0 Å². The number of hydrogen-bond donors (Lipinski definition) is 2. The first-order valence-electron chi connectivity index (χ1n) is 12.9. The van der Waals surface area contributed by atoms with Crippen molar-refractivity contribution >= 4 is 5.69 Å². The normalized spacial score (nSPS) is 12.7. The summed E-state index contributed by atoms with van der Waals surface area (Å²) in [6.45, 7) is 10.8. The van der Waals surface area contributed by atoms with Gasteiger partial charge in [0.15, 0.2) is 0 Å². The van der Waals surface area contributed by atoms with Crippen LogP contribution >= 0.6 is 0 Å². The molecule has 198 valence electrons. The number of phenols is 1. The molecule has 1 aliphatic heterocycles. The number of benzene rings is 3.